The highest BCUT2D eigenvalue weighted by Gasteiger charge is 2.46. The highest BCUT2D eigenvalue weighted by atomic mass is 32.1. The molecule has 0 radical (unpaired) electrons. The molecule has 2 aromatic heterocycles. The van der Waals surface area contributed by atoms with Crippen LogP contribution in [0.15, 0.2) is 24.3 Å². The summed E-state index contributed by atoms with van der Waals surface area (Å²) in [6, 6.07) is 9.06. The largest absolute Gasteiger partial charge is 0.347 e. The van der Waals surface area contributed by atoms with Crippen LogP contribution in [0, 0.1) is 16.2 Å². The average molecular weight is 405 g/mol. The first-order valence-electron chi connectivity index (χ1n) is 9.99. The van der Waals surface area contributed by atoms with Gasteiger partial charge in [-0.1, -0.05) is 41.5 Å². The van der Waals surface area contributed by atoms with Gasteiger partial charge in [0.25, 0.3) is 0 Å². The Morgan fingerprint density at radius 3 is 1.78 bits per heavy atom. The molecule has 4 heteroatoms. The van der Waals surface area contributed by atoms with Gasteiger partial charge in [-0.15, -0.1) is 22.7 Å². The van der Waals surface area contributed by atoms with Gasteiger partial charge in [0.1, 0.15) is 0 Å². The fourth-order valence-electron chi connectivity index (χ4n) is 4.23. The van der Waals surface area contributed by atoms with E-state index in [4.69, 9.17) is 9.47 Å². The van der Waals surface area contributed by atoms with Crippen LogP contribution in [0.5, 0.6) is 0 Å². The Bertz CT molecular complexity index is 786. The number of ether oxygens (including phenoxy) is 2. The Morgan fingerprint density at radius 1 is 0.741 bits per heavy atom. The minimum Gasteiger partial charge on any atom is -0.347 e. The molecule has 0 amide bonds. The maximum Gasteiger partial charge on any atom is 0.193 e. The molecule has 148 valence electrons. The van der Waals surface area contributed by atoms with E-state index in [-0.39, 0.29) is 11.7 Å². The van der Waals surface area contributed by atoms with Crippen LogP contribution in [0.2, 0.25) is 0 Å². The smallest absolute Gasteiger partial charge is 0.193 e. The minimum absolute atomic E-state index is 0.113. The van der Waals surface area contributed by atoms with Crippen molar-refractivity contribution in [2.75, 3.05) is 13.2 Å². The molecule has 4 rings (SSSR count). The molecular weight excluding hydrogens is 372 g/mol. The zero-order valence-corrected chi connectivity index (χ0v) is 19.1. The summed E-state index contributed by atoms with van der Waals surface area (Å²) in [5, 5.41) is 0. The molecule has 0 spiro atoms. The van der Waals surface area contributed by atoms with Gasteiger partial charge in [-0.3, -0.25) is 0 Å². The fraction of sp³-hybridized carbons (Fsp3) is 0.652. The van der Waals surface area contributed by atoms with Crippen molar-refractivity contribution in [2.45, 2.75) is 66.6 Å². The maximum atomic E-state index is 5.95. The van der Waals surface area contributed by atoms with Crippen molar-refractivity contribution in [2.24, 2.45) is 16.2 Å². The lowest BCUT2D eigenvalue weighted by Gasteiger charge is -2.34. The Labute approximate surface area is 171 Å². The lowest BCUT2D eigenvalue weighted by Crippen LogP contribution is -2.33. The summed E-state index contributed by atoms with van der Waals surface area (Å²) in [5.74, 6) is 0.695. The van der Waals surface area contributed by atoms with Crippen LogP contribution < -0.4 is 0 Å². The molecule has 0 aromatic carbocycles. The van der Waals surface area contributed by atoms with Crippen LogP contribution in [0.4, 0.5) is 0 Å². The van der Waals surface area contributed by atoms with E-state index in [0.717, 1.165) is 13.2 Å². The van der Waals surface area contributed by atoms with Crippen LogP contribution >= 0.6 is 22.7 Å². The third-order valence-corrected chi connectivity index (χ3v) is 9.28. The second-order valence-corrected chi connectivity index (χ2v) is 12.6. The summed E-state index contributed by atoms with van der Waals surface area (Å²) in [6.07, 6.45) is 2.37. The zero-order valence-electron chi connectivity index (χ0n) is 17.4. The van der Waals surface area contributed by atoms with Crippen molar-refractivity contribution in [1.82, 2.24) is 0 Å². The molecule has 1 saturated carbocycles. The van der Waals surface area contributed by atoms with E-state index in [9.17, 15) is 0 Å². The molecule has 0 unspecified atom stereocenters. The average Bonchev–Trinajstić information content (AvgIpc) is 3.26. The summed E-state index contributed by atoms with van der Waals surface area (Å²) in [6.45, 7) is 15.6. The highest BCUT2D eigenvalue weighted by Crippen LogP contribution is 2.58. The van der Waals surface area contributed by atoms with Crippen molar-refractivity contribution in [3.8, 4) is 9.75 Å². The normalized spacial score (nSPS) is 25.1. The van der Waals surface area contributed by atoms with Gasteiger partial charge in [-0.25, -0.2) is 0 Å². The Morgan fingerprint density at radius 2 is 1.22 bits per heavy atom. The monoisotopic (exact) mass is 404 g/mol. The SMILES string of the molecule is CC1(C)COC(c2ccc(-c3ccc(C4CC(C)(C)C(C)(C)C4)s3)s2)OC1. The maximum absolute atomic E-state index is 5.95. The number of rotatable bonds is 3. The molecule has 1 aliphatic heterocycles. The molecule has 0 bridgehead atoms. The molecule has 1 saturated heterocycles. The van der Waals surface area contributed by atoms with E-state index in [1.54, 1.807) is 4.88 Å². The summed E-state index contributed by atoms with van der Waals surface area (Å²) >= 11 is 3.78. The molecule has 3 heterocycles. The van der Waals surface area contributed by atoms with Gasteiger partial charge in [0.2, 0.25) is 0 Å². The second-order valence-electron chi connectivity index (χ2n) is 10.4. The lowest BCUT2D eigenvalue weighted by atomic mass is 9.71. The predicted octanol–water partition coefficient (Wildman–Crippen LogP) is 7.48. The van der Waals surface area contributed by atoms with Crippen LogP contribution in [-0.2, 0) is 9.47 Å². The Hall–Kier alpha value is -0.680. The first kappa shape index (κ1) is 19.6. The van der Waals surface area contributed by atoms with Gasteiger partial charge in [0.15, 0.2) is 6.29 Å². The van der Waals surface area contributed by atoms with Gasteiger partial charge >= 0.3 is 0 Å². The third kappa shape index (κ3) is 3.78. The standard InChI is InChI=1S/C23H32O2S2/c1-21(2)13-24-20(25-14-21)19-10-9-18(27-19)17-8-7-16(26-17)15-11-22(3,4)23(5,6)12-15/h7-10,15,20H,11-14H2,1-6H3. The summed E-state index contributed by atoms with van der Waals surface area (Å²) in [4.78, 5) is 5.43. The number of hydrogen-bond acceptors (Lipinski definition) is 4. The van der Waals surface area contributed by atoms with E-state index >= 15 is 0 Å². The quantitative estimate of drug-likeness (QED) is 0.528. The molecule has 0 N–H and O–H groups in total. The van der Waals surface area contributed by atoms with Crippen molar-refractivity contribution in [3.63, 3.8) is 0 Å². The van der Waals surface area contributed by atoms with Crippen LogP contribution in [0.25, 0.3) is 9.75 Å². The first-order valence-corrected chi connectivity index (χ1v) is 11.6. The minimum atomic E-state index is -0.201. The molecule has 2 fully saturated rings. The van der Waals surface area contributed by atoms with Gasteiger partial charge < -0.3 is 9.47 Å². The van der Waals surface area contributed by atoms with E-state index in [1.165, 1.54) is 27.5 Å². The first-order chi connectivity index (χ1) is 12.6. The summed E-state index contributed by atoms with van der Waals surface area (Å²) in [7, 11) is 0. The van der Waals surface area contributed by atoms with Gasteiger partial charge in [-0.2, -0.15) is 0 Å². The summed E-state index contributed by atoms with van der Waals surface area (Å²) in [5.41, 5.74) is 0.921. The Balaban J connectivity index is 1.48. The van der Waals surface area contributed by atoms with E-state index in [0.29, 0.717) is 16.7 Å². The molecule has 27 heavy (non-hydrogen) atoms. The van der Waals surface area contributed by atoms with Gasteiger partial charge in [0.05, 0.1) is 18.1 Å². The number of thiophene rings is 2. The van der Waals surface area contributed by atoms with Crippen molar-refractivity contribution >= 4 is 22.7 Å². The van der Waals surface area contributed by atoms with Gasteiger partial charge in [0, 0.05) is 20.0 Å². The fourth-order valence-corrected chi connectivity index (χ4v) is 6.44. The highest BCUT2D eigenvalue weighted by molar-refractivity contribution is 7.22. The molecule has 2 nitrogen and oxygen atoms in total. The Kier molecular flexibility index (Phi) is 4.86. The zero-order chi connectivity index (χ0) is 19.4. The van der Waals surface area contributed by atoms with Crippen LogP contribution in [-0.4, -0.2) is 13.2 Å². The molecule has 2 aliphatic rings. The van der Waals surface area contributed by atoms with Crippen molar-refractivity contribution < 1.29 is 9.47 Å². The van der Waals surface area contributed by atoms with E-state index in [1.807, 2.05) is 22.7 Å². The van der Waals surface area contributed by atoms with Crippen LogP contribution in [0.1, 0.15) is 76.3 Å². The molecule has 1 aliphatic carbocycles. The lowest BCUT2D eigenvalue weighted by molar-refractivity contribution is -0.224. The molecular formula is C23H32O2S2. The van der Waals surface area contributed by atoms with E-state index < -0.39 is 0 Å². The number of hydrogen-bond donors (Lipinski definition) is 0. The third-order valence-electron chi connectivity index (χ3n) is 6.73. The topological polar surface area (TPSA) is 18.5 Å². The molecule has 0 atom stereocenters. The van der Waals surface area contributed by atoms with Crippen LogP contribution in [0.3, 0.4) is 0 Å². The second kappa shape index (κ2) is 6.69. The molecule has 2 aromatic rings. The van der Waals surface area contributed by atoms with Gasteiger partial charge in [-0.05, 0) is 53.9 Å². The summed E-state index contributed by atoms with van der Waals surface area (Å²) < 4.78 is 11.9. The predicted molar refractivity (Wildman–Crippen MR) is 116 cm³/mol. The van der Waals surface area contributed by atoms with Crippen molar-refractivity contribution in [1.29, 1.82) is 0 Å². The van der Waals surface area contributed by atoms with Crippen molar-refractivity contribution in [3.05, 3.63) is 34.0 Å². The van der Waals surface area contributed by atoms with E-state index in [2.05, 4.69) is 65.8 Å².